The molecule has 1 aromatic heterocycles. The molecule has 2 aromatic rings. The van der Waals surface area contributed by atoms with E-state index in [2.05, 4.69) is 10.3 Å². The number of carboxylic acid groups (broad SMARTS) is 1. The zero-order chi connectivity index (χ0) is 15.4. The molecule has 1 amide bonds. The highest BCUT2D eigenvalue weighted by Crippen LogP contribution is 2.21. The quantitative estimate of drug-likeness (QED) is 0.845. The lowest BCUT2D eigenvalue weighted by Crippen LogP contribution is -2.12. The van der Waals surface area contributed by atoms with Gasteiger partial charge in [0.15, 0.2) is 5.13 Å². The average Bonchev–Trinajstić information content (AvgIpc) is 2.83. The van der Waals surface area contributed by atoms with Crippen molar-refractivity contribution in [3.63, 3.8) is 0 Å². The van der Waals surface area contributed by atoms with Gasteiger partial charge in [0.25, 0.3) is 5.91 Å². The van der Waals surface area contributed by atoms with E-state index in [1.807, 2.05) is 0 Å². The Hall–Kier alpha value is -2.18. The average molecular weight is 323 g/mol. The van der Waals surface area contributed by atoms with Gasteiger partial charge >= 0.3 is 5.97 Å². The molecule has 108 valence electrons. The number of hydrogen-bond donors (Lipinski definition) is 2. The second-order valence-electron chi connectivity index (χ2n) is 4.15. The predicted molar refractivity (Wildman–Crippen MR) is 82.9 cm³/mol. The van der Waals surface area contributed by atoms with Crippen molar-refractivity contribution in [2.24, 2.45) is 0 Å². The van der Waals surface area contributed by atoms with E-state index in [4.69, 9.17) is 16.7 Å². The van der Waals surface area contributed by atoms with Crippen LogP contribution in [0.4, 0.5) is 5.13 Å². The highest BCUT2D eigenvalue weighted by molar-refractivity contribution is 7.16. The summed E-state index contributed by atoms with van der Waals surface area (Å²) in [5.74, 6) is -1.32. The second kappa shape index (κ2) is 6.51. The molecule has 2 N–H and O–H groups in total. The van der Waals surface area contributed by atoms with Gasteiger partial charge in [0.05, 0.1) is 0 Å². The summed E-state index contributed by atoms with van der Waals surface area (Å²) in [6, 6.07) is 5.00. The third-order valence-corrected chi connectivity index (χ3v) is 3.68. The molecule has 1 heterocycles. The summed E-state index contributed by atoms with van der Waals surface area (Å²) in [5, 5.41) is 12.2. The van der Waals surface area contributed by atoms with Gasteiger partial charge in [-0.05, 0) is 36.8 Å². The number of halogens is 1. The molecule has 0 bridgehead atoms. The van der Waals surface area contributed by atoms with Crippen LogP contribution in [0.15, 0.2) is 30.5 Å². The van der Waals surface area contributed by atoms with Crippen molar-refractivity contribution in [1.29, 1.82) is 0 Å². The number of carbonyl (C=O) groups excluding carboxylic acids is 1. The molecule has 0 spiro atoms. The number of hydrogen-bond acceptors (Lipinski definition) is 4. The molecule has 2 rings (SSSR count). The smallest absolute Gasteiger partial charge is 0.328 e. The molecule has 0 atom stereocenters. The molecule has 0 fully saturated rings. The fourth-order valence-corrected chi connectivity index (χ4v) is 2.56. The van der Waals surface area contributed by atoms with Gasteiger partial charge < -0.3 is 5.11 Å². The molecule has 7 heteroatoms. The summed E-state index contributed by atoms with van der Waals surface area (Å²) in [6.07, 6.45) is 3.93. The molecule has 0 radical (unpaired) electrons. The lowest BCUT2D eigenvalue weighted by atomic mass is 10.1. The Morgan fingerprint density at radius 2 is 2.19 bits per heavy atom. The Kier molecular flexibility index (Phi) is 4.72. The zero-order valence-corrected chi connectivity index (χ0v) is 12.5. The number of nitrogens with zero attached hydrogens (tertiary/aromatic N) is 1. The van der Waals surface area contributed by atoms with Crippen LogP contribution in [-0.4, -0.2) is 22.0 Å². The van der Waals surface area contributed by atoms with Crippen molar-refractivity contribution in [3.8, 4) is 0 Å². The number of carboxylic acids is 1. The van der Waals surface area contributed by atoms with Crippen LogP contribution in [0.25, 0.3) is 6.08 Å². The second-order valence-corrected chi connectivity index (χ2v) is 5.65. The van der Waals surface area contributed by atoms with Gasteiger partial charge in [-0.1, -0.05) is 22.9 Å². The minimum atomic E-state index is -1.04. The molecule has 0 aliphatic carbocycles. The standard InChI is InChI=1S/C14H11ClN2O3S/c1-8-6-9(15)2-4-11(8)13(20)17-14-16-7-10(21-14)3-5-12(18)19/h2-7H,1H3,(H,18,19)(H,16,17,20)/b5-3+. The molecular formula is C14H11ClN2O3S. The van der Waals surface area contributed by atoms with E-state index >= 15 is 0 Å². The van der Waals surface area contributed by atoms with Gasteiger partial charge in [-0.2, -0.15) is 0 Å². The van der Waals surface area contributed by atoms with Gasteiger partial charge in [0.2, 0.25) is 0 Å². The zero-order valence-electron chi connectivity index (χ0n) is 11.0. The molecule has 0 unspecified atom stereocenters. The fraction of sp³-hybridized carbons (Fsp3) is 0.0714. The van der Waals surface area contributed by atoms with Crippen LogP contribution in [0.2, 0.25) is 5.02 Å². The maximum atomic E-state index is 12.1. The third-order valence-electron chi connectivity index (χ3n) is 2.57. The van der Waals surface area contributed by atoms with Crippen molar-refractivity contribution in [3.05, 3.63) is 51.5 Å². The van der Waals surface area contributed by atoms with Gasteiger partial charge in [-0.15, -0.1) is 0 Å². The maximum Gasteiger partial charge on any atom is 0.328 e. The topological polar surface area (TPSA) is 79.3 Å². The minimum Gasteiger partial charge on any atom is -0.478 e. The maximum absolute atomic E-state index is 12.1. The number of amides is 1. The van der Waals surface area contributed by atoms with E-state index in [0.717, 1.165) is 11.6 Å². The van der Waals surface area contributed by atoms with Crippen LogP contribution >= 0.6 is 22.9 Å². The largest absolute Gasteiger partial charge is 0.478 e. The van der Waals surface area contributed by atoms with E-state index in [9.17, 15) is 9.59 Å². The lowest BCUT2D eigenvalue weighted by Gasteiger charge is -2.05. The predicted octanol–water partition coefficient (Wildman–Crippen LogP) is 3.46. The van der Waals surface area contributed by atoms with Crippen LogP contribution in [0.1, 0.15) is 20.8 Å². The Balaban J connectivity index is 2.11. The molecule has 0 saturated heterocycles. The van der Waals surface area contributed by atoms with E-state index < -0.39 is 5.97 Å². The van der Waals surface area contributed by atoms with Crippen LogP contribution in [-0.2, 0) is 4.79 Å². The van der Waals surface area contributed by atoms with Crippen molar-refractivity contribution >= 4 is 46.0 Å². The summed E-state index contributed by atoms with van der Waals surface area (Å²) in [4.78, 5) is 27.2. The summed E-state index contributed by atoms with van der Waals surface area (Å²) in [5.41, 5.74) is 1.28. The van der Waals surface area contributed by atoms with Gasteiger partial charge in [0.1, 0.15) is 0 Å². The normalized spacial score (nSPS) is 10.8. The van der Waals surface area contributed by atoms with Crippen molar-refractivity contribution in [2.75, 3.05) is 5.32 Å². The molecule has 21 heavy (non-hydrogen) atoms. The highest BCUT2D eigenvalue weighted by atomic mass is 35.5. The monoisotopic (exact) mass is 322 g/mol. The van der Waals surface area contributed by atoms with Crippen molar-refractivity contribution < 1.29 is 14.7 Å². The van der Waals surface area contributed by atoms with Crippen LogP contribution < -0.4 is 5.32 Å². The van der Waals surface area contributed by atoms with Gasteiger partial charge in [0, 0.05) is 27.7 Å². The first kappa shape index (κ1) is 15.2. The molecule has 0 saturated carbocycles. The number of aliphatic carboxylic acids is 1. The fourth-order valence-electron chi connectivity index (χ4n) is 1.62. The van der Waals surface area contributed by atoms with E-state index in [-0.39, 0.29) is 5.91 Å². The minimum absolute atomic E-state index is 0.285. The summed E-state index contributed by atoms with van der Waals surface area (Å²) >= 11 is 7.04. The summed E-state index contributed by atoms with van der Waals surface area (Å²) in [7, 11) is 0. The Labute approximate surface area is 129 Å². The Morgan fingerprint density at radius 1 is 1.43 bits per heavy atom. The molecule has 0 aliphatic rings. The number of anilines is 1. The number of aromatic nitrogens is 1. The molecule has 0 aliphatic heterocycles. The van der Waals surface area contributed by atoms with Gasteiger partial charge in [-0.3, -0.25) is 10.1 Å². The van der Waals surface area contributed by atoms with E-state index in [1.54, 1.807) is 25.1 Å². The lowest BCUT2D eigenvalue weighted by molar-refractivity contribution is -0.131. The molecule has 5 nitrogen and oxygen atoms in total. The summed E-state index contributed by atoms with van der Waals surface area (Å²) < 4.78 is 0. The number of rotatable bonds is 4. The van der Waals surface area contributed by atoms with E-state index in [1.165, 1.54) is 23.6 Å². The number of thiazole rings is 1. The number of benzene rings is 1. The van der Waals surface area contributed by atoms with Crippen LogP contribution in [0, 0.1) is 6.92 Å². The molecular weight excluding hydrogens is 312 g/mol. The SMILES string of the molecule is Cc1cc(Cl)ccc1C(=O)Nc1ncc(/C=C/C(=O)O)s1. The Bertz CT molecular complexity index is 725. The first-order chi connectivity index (χ1) is 9.95. The highest BCUT2D eigenvalue weighted by Gasteiger charge is 2.11. The first-order valence-electron chi connectivity index (χ1n) is 5.90. The van der Waals surface area contributed by atoms with Crippen molar-refractivity contribution in [2.45, 2.75) is 6.92 Å². The summed E-state index contributed by atoms with van der Waals surface area (Å²) in [6.45, 7) is 1.80. The molecule has 1 aromatic carbocycles. The first-order valence-corrected chi connectivity index (χ1v) is 7.09. The van der Waals surface area contributed by atoms with Crippen LogP contribution in [0.5, 0.6) is 0 Å². The number of nitrogens with one attached hydrogen (secondary N) is 1. The van der Waals surface area contributed by atoms with E-state index in [0.29, 0.717) is 20.6 Å². The number of carbonyl (C=O) groups is 2. The number of aryl methyl sites for hydroxylation is 1. The van der Waals surface area contributed by atoms with Crippen molar-refractivity contribution in [1.82, 2.24) is 4.98 Å². The Morgan fingerprint density at radius 3 is 2.86 bits per heavy atom. The van der Waals surface area contributed by atoms with Gasteiger partial charge in [-0.25, -0.2) is 9.78 Å². The third kappa shape index (κ3) is 4.14. The van der Waals surface area contributed by atoms with Crippen LogP contribution in [0.3, 0.4) is 0 Å².